The number of nitrogen functional groups attached to an aromatic ring is 1. The highest BCUT2D eigenvalue weighted by atomic mass is 35.5. The standard InChI is InChI=1S/C11H11N3O.ClH/c12-7-8-3-4-9(6-10(8)13)14-5-1-2-11(14)15;/h3-4,6H,1-2,5,13H2;1H. The van der Waals surface area contributed by atoms with Crippen LogP contribution in [0.1, 0.15) is 18.4 Å². The van der Waals surface area contributed by atoms with E-state index in [-0.39, 0.29) is 18.3 Å². The number of hydrogen-bond donors (Lipinski definition) is 1. The van der Waals surface area contributed by atoms with Gasteiger partial charge >= 0.3 is 0 Å². The van der Waals surface area contributed by atoms with Gasteiger partial charge in [-0.2, -0.15) is 5.26 Å². The molecule has 1 saturated heterocycles. The quantitative estimate of drug-likeness (QED) is 0.756. The van der Waals surface area contributed by atoms with E-state index in [4.69, 9.17) is 11.0 Å². The van der Waals surface area contributed by atoms with Crippen molar-refractivity contribution < 1.29 is 4.79 Å². The lowest BCUT2D eigenvalue weighted by molar-refractivity contribution is -0.117. The molecule has 2 rings (SSSR count). The number of nitrogens with zero attached hydrogens (tertiary/aromatic N) is 2. The molecular weight excluding hydrogens is 226 g/mol. The van der Waals surface area contributed by atoms with Gasteiger partial charge in [-0.1, -0.05) is 0 Å². The highest BCUT2D eigenvalue weighted by molar-refractivity contribution is 5.95. The number of carbonyl (C=O) groups is 1. The fourth-order valence-corrected chi connectivity index (χ4v) is 1.74. The van der Waals surface area contributed by atoms with Crippen molar-refractivity contribution in [1.82, 2.24) is 0 Å². The van der Waals surface area contributed by atoms with E-state index in [0.29, 0.717) is 17.7 Å². The van der Waals surface area contributed by atoms with Crippen LogP contribution in [-0.2, 0) is 4.79 Å². The molecule has 1 aliphatic rings. The maximum atomic E-state index is 11.5. The highest BCUT2D eigenvalue weighted by Gasteiger charge is 2.21. The smallest absolute Gasteiger partial charge is 0.227 e. The normalized spacial score (nSPS) is 14.4. The second-order valence-electron chi connectivity index (χ2n) is 3.53. The molecule has 1 aromatic rings. The monoisotopic (exact) mass is 237 g/mol. The Hall–Kier alpha value is -1.73. The van der Waals surface area contributed by atoms with E-state index in [0.717, 1.165) is 18.7 Å². The lowest BCUT2D eigenvalue weighted by atomic mass is 10.1. The summed E-state index contributed by atoms with van der Waals surface area (Å²) < 4.78 is 0. The van der Waals surface area contributed by atoms with Crippen LogP contribution in [0.5, 0.6) is 0 Å². The van der Waals surface area contributed by atoms with Crippen LogP contribution in [0.4, 0.5) is 11.4 Å². The van der Waals surface area contributed by atoms with E-state index in [1.807, 2.05) is 6.07 Å². The molecule has 0 spiro atoms. The van der Waals surface area contributed by atoms with E-state index in [2.05, 4.69) is 0 Å². The first-order valence-electron chi connectivity index (χ1n) is 4.82. The molecule has 1 fully saturated rings. The van der Waals surface area contributed by atoms with Crippen LogP contribution < -0.4 is 10.6 Å². The van der Waals surface area contributed by atoms with Gasteiger partial charge in [-0.3, -0.25) is 4.79 Å². The number of hydrogen-bond acceptors (Lipinski definition) is 3. The first kappa shape index (κ1) is 12.3. The zero-order valence-electron chi connectivity index (χ0n) is 8.64. The van der Waals surface area contributed by atoms with Gasteiger partial charge in [0.15, 0.2) is 0 Å². The van der Waals surface area contributed by atoms with Crippen LogP contribution >= 0.6 is 12.4 Å². The molecule has 0 atom stereocenters. The van der Waals surface area contributed by atoms with E-state index in [1.54, 1.807) is 23.1 Å². The van der Waals surface area contributed by atoms with Crippen molar-refractivity contribution in [3.8, 4) is 6.07 Å². The molecule has 1 amide bonds. The van der Waals surface area contributed by atoms with Crippen molar-refractivity contribution in [3.05, 3.63) is 23.8 Å². The first-order valence-corrected chi connectivity index (χ1v) is 4.82. The molecule has 1 aliphatic heterocycles. The summed E-state index contributed by atoms with van der Waals surface area (Å²) in [6.45, 7) is 0.740. The van der Waals surface area contributed by atoms with Gasteiger partial charge in [0.2, 0.25) is 5.91 Å². The van der Waals surface area contributed by atoms with Crippen LogP contribution in [0.15, 0.2) is 18.2 Å². The van der Waals surface area contributed by atoms with Gasteiger partial charge in [0.25, 0.3) is 0 Å². The summed E-state index contributed by atoms with van der Waals surface area (Å²) in [6.07, 6.45) is 1.48. The van der Waals surface area contributed by atoms with Crippen molar-refractivity contribution in [2.45, 2.75) is 12.8 Å². The molecule has 84 valence electrons. The van der Waals surface area contributed by atoms with E-state index in [9.17, 15) is 4.79 Å². The average Bonchev–Trinajstić information content (AvgIpc) is 2.64. The number of benzene rings is 1. The minimum Gasteiger partial charge on any atom is -0.398 e. The van der Waals surface area contributed by atoms with Gasteiger partial charge in [-0.15, -0.1) is 12.4 Å². The van der Waals surface area contributed by atoms with E-state index < -0.39 is 0 Å². The fourth-order valence-electron chi connectivity index (χ4n) is 1.74. The molecule has 0 saturated carbocycles. The maximum absolute atomic E-state index is 11.5. The molecule has 0 aliphatic carbocycles. The predicted octanol–water partition coefficient (Wildman–Crippen LogP) is 1.69. The summed E-state index contributed by atoms with van der Waals surface area (Å²) in [4.78, 5) is 13.2. The Balaban J connectivity index is 0.00000128. The molecule has 0 unspecified atom stereocenters. The van der Waals surface area contributed by atoms with Crippen LogP contribution in [0.2, 0.25) is 0 Å². The third-order valence-corrected chi connectivity index (χ3v) is 2.54. The SMILES string of the molecule is Cl.N#Cc1ccc(N2CCCC2=O)cc1N. The van der Waals surface area contributed by atoms with Crippen LogP contribution in [0.25, 0.3) is 0 Å². The van der Waals surface area contributed by atoms with Crippen LogP contribution in [-0.4, -0.2) is 12.5 Å². The van der Waals surface area contributed by atoms with E-state index >= 15 is 0 Å². The molecule has 2 N–H and O–H groups in total. The number of nitriles is 1. The van der Waals surface area contributed by atoms with Gasteiger partial charge in [-0.25, -0.2) is 0 Å². The fraction of sp³-hybridized carbons (Fsp3) is 0.273. The largest absolute Gasteiger partial charge is 0.398 e. The van der Waals surface area contributed by atoms with Gasteiger partial charge in [-0.05, 0) is 24.6 Å². The second-order valence-corrected chi connectivity index (χ2v) is 3.53. The molecule has 16 heavy (non-hydrogen) atoms. The molecule has 1 aromatic carbocycles. The highest BCUT2D eigenvalue weighted by Crippen LogP contribution is 2.24. The van der Waals surface area contributed by atoms with Crippen LogP contribution in [0, 0.1) is 11.3 Å². The summed E-state index contributed by atoms with van der Waals surface area (Å²) in [6, 6.07) is 7.09. The molecule has 1 heterocycles. The lowest BCUT2D eigenvalue weighted by Crippen LogP contribution is -2.23. The molecule has 0 bridgehead atoms. The minimum absolute atomic E-state index is 0. The molecule has 0 radical (unpaired) electrons. The summed E-state index contributed by atoms with van der Waals surface area (Å²) in [7, 11) is 0. The summed E-state index contributed by atoms with van der Waals surface area (Å²) >= 11 is 0. The second kappa shape index (κ2) is 4.86. The van der Waals surface area contributed by atoms with Gasteiger partial charge < -0.3 is 10.6 Å². The Kier molecular flexibility index (Phi) is 3.75. The molecular formula is C11H12ClN3O. The molecule has 0 aromatic heterocycles. The first-order chi connectivity index (χ1) is 7.22. The van der Waals surface area contributed by atoms with Gasteiger partial charge in [0.1, 0.15) is 6.07 Å². The number of nitrogens with two attached hydrogens (primary N) is 1. The zero-order valence-corrected chi connectivity index (χ0v) is 9.46. The third kappa shape index (κ3) is 2.10. The Morgan fingerprint density at radius 3 is 2.69 bits per heavy atom. The van der Waals surface area contributed by atoms with Gasteiger partial charge in [0, 0.05) is 18.7 Å². The summed E-state index contributed by atoms with van der Waals surface area (Å²) in [5, 5.41) is 8.72. The Morgan fingerprint density at radius 2 is 2.19 bits per heavy atom. The molecule has 4 nitrogen and oxygen atoms in total. The van der Waals surface area contributed by atoms with Crippen LogP contribution in [0.3, 0.4) is 0 Å². The van der Waals surface area contributed by atoms with Crippen molar-refractivity contribution in [1.29, 1.82) is 5.26 Å². The Bertz CT molecular complexity index is 453. The number of amides is 1. The number of halogens is 1. The van der Waals surface area contributed by atoms with Crippen molar-refractivity contribution in [2.24, 2.45) is 0 Å². The maximum Gasteiger partial charge on any atom is 0.227 e. The minimum atomic E-state index is 0. The predicted molar refractivity (Wildman–Crippen MR) is 64.4 cm³/mol. The Morgan fingerprint density at radius 1 is 1.44 bits per heavy atom. The Labute approximate surface area is 100 Å². The number of carbonyl (C=O) groups excluding carboxylic acids is 1. The lowest BCUT2D eigenvalue weighted by Gasteiger charge is -2.16. The topological polar surface area (TPSA) is 70.1 Å². The van der Waals surface area contributed by atoms with Crippen molar-refractivity contribution in [3.63, 3.8) is 0 Å². The molecule has 5 heteroatoms. The van der Waals surface area contributed by atoms with Crippen molar-refractivity contribution >= 4 is 29.7 Å². The van der Waals surface area contributed by atoms with Crippen molar-refractivity contribution in [2.75, 3.05) is 17.2 Å². The summed E-state index contributed by atoms with van der Waals surface area (Å²) in [5.74, 6) is 0.124. The number of rotatable bonds is 1. The zero-order chi connectivity index (χ0) is 10.8. The van der Waals surface area contributed by atoms with E-state index in [1.165, 1.54) is 0 Å². The summed E-state index contributed by atoms with van der Waals surface area (Å²) in [5.41, 5.74) is 7.35. The van der Waals surface area contributed by atoms with Gasteiger partial charge in [0.05, 0.1) is 11.3 Å². The number of anilines is 2. The third-order valence-electron chi connectivity index (χ3n) is 2.54. The average molecular weight is 238 g/mol.